The summed E-state index contributed by atoms with van der Waals surface area (Å²) in [5.41, 5.74) is 1.97. The number of rotatable bonds is 6. The van der Waals surface area contributed by atoms with E-state index in [2.05, 4.69) is 14.7 Å². The molecule has 0 spiro atoms. The summed E-state index contributed by atoms with van der Waals surface area (Å²) in [6.45, 7) is 5.08. The molecule has 1 atom stereocenters. The van der Waals surface area contributed by atoms with Gasteiger partial charge >= 0.3 is 0 Å². The van der Waals surface area contributed by atoms with Crippen LogP contribution in [0.5, 0.6) is 0 Å². The Bertz CT molecular complexity index is 800. The Morgan fingerprint density at radius 2 is 2.12 bits per heavy atom. The number of nitrogens with one attached hydrogen (secondary N) is 1. The standard InChI is InChI=1S/C17H24N4O2S/c1-14-5-3-4-6-17(14)24(22,23)19-10-15-7-8-21(12-15)13-16-9-18-20(2)11-16/h3-6,9,11,15,19H,7-8,10,12-13H2,1-2H3. The molecular weight excluding hydrogens is 324 g/mol. The fraction of sp³-hybridized carbons (Fsp3) is 0.471. The predicted octanol–water partition coefficient (Wildman–Crippen LogP) is 1.53. The molecule has 0 bridgehead atoms. The minimum absolute atomic E-state index is 0.348. The zero-order valence-electron chi connectivity index (χ0n) is 14.1. The summed E-state index contributed by atoms with van der Waals surface area (Å²) < 4.78 is 29.5. The second kappa shape index (κ2) is 7.04. The molecule has 1 aliphatic heterocycles. The molecule has 1 fully saturated rings. The van der Waals surface area contributed by atoms with E-state index >= 15 is 0 Å². The third-order valence-electron chi connectivity index (χ3n) is 4.48. The zero-order chi connectivity index (χ0) is 17.2. The van der Waals surface area contributed by atoms with Crippen molar-refractivity contribution >= 4 is 10.0 Å². The predicted molar refractivity (Wildman–Crippen MR) is 93.0 cm³/mol. The molecule has 130 valence electrons. The van der Waals surface area contributed by atoms with Crippen molar-refractivity contribution in [2.75, 3.05) is 19.6 Å². The van der Waals surface area contributed by atoms with Gasteiger partial charge in [-0.2, -0.15) is 5.10 Å². The highest BCUT2D eigenvalue weighted by Gasteiger charge is 2.25. The van der Waals surface area contributed by atoms with E-state index in [9.17, 15) is 8.42 Å². The van der Waals surface area contributed by atoms with Gasteiger partial charge in [-0.25, -0.2) is 13.1 Å². The number of aromatic nitrogens is 2. The summed E-state index contributed by atoms with van der Waals surface area (Å²) in [5, 5.41) is 4.19. The molecule has 1 saturated heterocycles. The maximum Gasteiger partial charge on any atom is 0.240 e. The Hall–Kier alpha value is -1.70. The second-order valence-electron chi connectivity index (χ2n) is 6.53. The quantitative estimate of drug-likeness (QED) is 0.860. The minimum atomic E-state index is -3.43. The summed E-state index contributed by atoms with van der Waals surface area (Å²) in [4.78, 5) is 2.72. The SMILES string of the molecule is Cc1ccccc1S(=O)(=O)NCC1CCN(Cc2cnn(C)c2)C1. The zero-order valence-corrected chi connectivity index (χ0v) is 15.0. The van der Waals surface area contributed by atoms with Crippen LogP contribution in [-0.2, 0) is 23.6 Å². The highest BCUT2D eigenvalue weighted by atomic mass is 32.2. The fourth-order valence-corrected chi connectivity index (χ4v) is 4.56. The summed E-state index contributed by atoms with van der Waals surface area (Å²) >= 11 is 0. The molecule has 0 amide bonds. The van der Waals surface area contributed by atoms with Gasteiger partial charge in [0.2, 0.25) is 10.0 Å². The molecule has 0 radical (unpaired) electrons. The average Bonchev–Trinajstić information content (AvgIpc) is 3.15. The lowest BCUT2D eigenvalue weighted by Crippen LogP contribution is -2.31. The summed E-state index contributed by atoms with van der Waals surface area (Å²) in [6, 6.07) is 7.08. The third-order valence-corrected chi connectivity index (χ3v) is 6.06. The van der Waals surface area contributed by atoms with Gasteiger partial charge in [-0.1, -0.05) is 18.2 Å². The van der Waals surface area contributed by atoms with Crippen LogP contribution >= 0.6 is 0 Å². The number of hydrogen-bond donors (Lipinski definition) is 1. The molecule has 0 saturated carbocycles. The van der Waals surface area contributed by atoms with E-state index < -0.39 is 10.0 Å². The summed E-state index contributed by atoms with van der Waals surface area (Å²) in [6.07, 6.45) is 4.92. The molecule has 1 aliphatic rings. The van der Waals surface area contributed by atoms with Crippen molar-refractivity contribution in [1.29, 1.82) is 0 Å². The largest absolute Gasteiger partial charge is 0.299 e. The van der Waals surface area contributed by atoms with Gasteiger partial charge in [0.15, 0.2) is 0 Å². The van der Waals surface area contributed by atoms with Crippen molar-refractivity contribution in [1.82, 2.24) is 19.4 Å². The van der Waals surface area contributed by atoms with Crippen LogP contribution in [0.4, 0.5) is 0 Å². The van der Waals surface area contributed by atoms with Crippen molar-refractivity contribution in [3.8, 4) is 0 Å². The van der Waals surface area contributed by atoms with Crippen molar-refractivity contribution in [2.24, 2.45) is 13.0 Å². The van der Waals surface area contributed by atoms with Gasteiger partial charge in [0.1, 0.15) is 0 Å². The minimum Gasteiger partial charge on any atom is -0.299 e. The van der Waals surface area contributed by atoms with Crippen LogP contribution in [0.25, 0.3) is 0 Å². The van der Waals surface area contributed by atoms with Gasteiger partial charge in [0.25, 0.3) is 0 Å². The first-order chi connectivity index (χ1) is 11.4. The lowest BCUT2D eigenvalue weighted by molar-refractivity contribution is 0.316. The van der Waals surface area contributed by atoms with E-state index in [1.807, 2.05) is 38.5 Å². The highest BCUT2D eigenvalue weighted by Crippen LogP contribution is 2.19. The van der Waals surface area contributed by atoms with Gasteiger partial charge in [0.05, 0.1) is 11.1 Å². The highest BCUT2D eigenvalue weighted by molar-refractivity contribution is 7.89. The maximum absolute atomic E-state index is 12.4. The van der Waals surface area contributed by atoms with E-state index in [1.54, 1.807) is 16.8 Å². The lowest BCUT2D eigenvalue weighted by atomic mass is 10.1. The van der Waals surface area contributed by atoms with E-state index in [4.69, 9.17) is 0 Å². The smallest absolute Gasteiger partial charge is 0.240 e. The normalized spacial score (nSPS) is 19.0. The molecule has 3 rings (SSSR count). The van der Waals surface area contributed by atoms with Crippen molar-refractivity contribution in [3.63, 3.8) is 0 Å². The summed E-state index contributed by atoms with van der Waals surface area (Å²) in [7, 11) is -1.52. The molecule has 24 heavy (non-hydrogen) atoms. The van der Waals surface area contributed by atoms with Gasteiger partial charge in [-0.3, -0.25) is 9.58 Å². The second-order valence-corrected chi connectivity index (χ2v) is 8.26. The van der Waals surface area contributed by atoms with Gasteiger partial charge in [0, 0.05) is 38.4 Å². The third kappa shape index (κ3) is 4.03. The number of benzene rings is 1. The average molecular weight is 348 g/mol. The summed E-state index contributed by atoms with van der Waals surface area (Å²) in [5.74, 6) is 0.348. The number of aryl methyl sites for hydroxylation is 2. The molecule has 1 unspecified atom stereocenters. The van der Waals surface area contributed by atoms with Crippen molar-refractivity contribution in [3.05, 3.63) is 47.8 Å². The molecule has 0 aliphatic carbocycles. The number of likely N-dealkylation sites (tertiary alicyclic amines) is 1. The maximum atomic E-state index is 12.4. The number of sulfonamides is 1. The molecular formula is C17H24N4O2S. The number of nitrogens with zero attached hydrogens (tertiary/aromatic N) is 3. The number of hydrogen-bond acceptors (Lipinski definition) is 4. The molecule has 1 aromatic heterocycles. The van der Waals surface area contributed by atoms with Crippen LogP contribution in [0.2, 0.25) is 0 Å². The van der Waals surface area contributed by atoms with E-state index in [0.717, 1.165) is 31.6 Å². The molecule has 7 heteroatoms. The first-order valence-electron chi connectivity index (χ1n) is 8.19. The Morgan fingerprint density at radius 1 is 1.33 bits per heavy atom. The van der Waals surface area contributed by atoms with Crippen molar-refractivity contribution < 1.29 is 8.42 Å². The fourth-order valence-electron chi connectivity index (χ4n) is 3.20. The Labute approximate surface area is 143 Å². The van der Waals surface area contributed by atoms with Crippen LogP contribution in [0.15, 0.2) is 41.6 Å². The van der Waals surface area contributed by atoms with Crippen LogP contribution in [0, 0.1) is 12.8 Å². The van der Waals surface area contributed by atoms with E-state index in [0.29, 0.717) is 17.4 Å². The Balaban J connectivity index is 1.53. The topological polar surface area (TPSA) is 67.2 Å². The molecule has 2 heterocycles. The van der Waals surface area contributed by atoms with Crippen LogP contribution in [0.1, 0.15) is 17.5 Å². The van der Waals surface area contributed by atoms with Gasteiger partial charge in [-0.15, -0.1) is 0 Å². The lowest BCUT2D eigenvalue weighted by Gasteiger charge is -2.16. The Kier molecular flexibility index (Phi) is 5.03. The Morgan fingerprint density at radius 3 is 2.83 bits per heavy atom. The molecule has 6 nitrogen and oxygen atoms in total. The van der Waals surface area contributed by atoms with Crippen LogP contribution in [0.3, 0.4) is 0 Å². The first-order valence-corrected chi connectivity index (χ1v) is 9.67. The first kappa shape index (κ1) is 17.1. The van der Waals surface area contributed by atoms with E-state index in [1.165, 1.54) is 5.56 Å². The molecule has 2 aromatic rings. The van der Waals surface area contributed by atoms with Gasteiger partial charge < -0.3 is 0 Å². The van der Waals surface area contributed by atoms with Gasteiger partial charge in [-0.05, 0) is 37.4 Å². The molecule has 1 aromatic carbocycles. The van der Waals surface area contributed by atoms with Crippen LogP contribution < -0.4 is 4.72 Å². The van der Waals surface area contributed by atoms with Crippen LogP contribution in [-0.4, -0.2) is 42.7 Å². The van der Waals surface area contributed by atoms with Crippen molar-refractivity contribution in [2.45, 2.75) is 24.8 Å². The monoisotopic (exact) mass is 348 g/mol. The molecule has 1 N–H and O–H groups in total. The van der Waals surface area contributed by atoms with E-state index in [-0.39, 0.29) is 0 Å².